The van der Waals surface area contributed by atoms with Crippen LogP contribution in [-0.4, -0.2) is 34.4 Å². The van der Waals surface area contributed by atoms with Crippen LogP contribution in [0.25, 0.3) is 0 Å². The molecule has 0 aliphatic carbocycles. The normalized spacial score (nSPS) is 10.4. The average Bonchev–Trinajstić information content (AvgIpc) is 2.70. The number of carbonyl (C=O) groups excluding carboxylic acids is 1. The Hall–Kier alpha value is -0.840. The summed E-state index contributed by atoms with van der Waals surface area (Å²) >= 11 is 3.35. The molecule has 0 fully saturated rings. The highest BCUT2D eigenvalue weighted by molar-refractivity contribution is 9.09. The molecule has 0 N–H and O–H groups in total. The molecule has 0 spiro atoms. The molecule has 0 unspecified atom stereocenters. The monoisotopic (exact) mass is 288 g/mol. The molecule has 0 aromatic carbocycles. The molecule has 16 heavy (non-hydrogen) atoms. The number of aromatic nitrogens is 1. The van der Waals surface area contributed by atoms with Crippen molar-refractivity contribution in [3.63, 3.8) is 0 Å². The summed E-state index contributed by atoms with van der Waals surface area (Å²) in [6, 6.07) is 1.68. The third-order valence-electron chi connectivity index (χ3n) is 2.26. The Morgan fingerprint density at radius 1 is 1.56 bits per heavy atom. The van der Waals surface area contributed by atoms with Gasteiger partial charge in [-0.2, -0.15) is 0 Å². The van der Waals surface area contributed by atoms with E-state index in [9.17, 15) is 4.79 Å². The van der Waals surface area contributed by atoms with E-state index < -0.39 is 0 Å². The maximum absolute atomic E-state index is 12.0. The summed E-state index contributed by atoms with van der Waals surface area (Å²) in [5, 5.41) is 4.50. The van der Waals surface area contributed by atoms with Gasteiger partial charge in [0, 0.05) is 24.5 Å². The number of unbranched alkanes of at least 4 members (excludes halogenated alkanes) is 1. The number of aryl methyl sites for hydroxylation is 1. The molecular weight excluding hydrogens is 272 g/mol. The van der Waals surface area contributed by atoms with Gasteiger partial charge in [-0.15, -0.1) is 0 Å². The summed E-state index contributed by atoms with van der Waals surface area (Å²) in [7, 11) is 0. The molecule has 1 amide bonds. The van der Waals surface area contributed by atoms with Gasteiger partial charge in [-0.3, -0.25) is 4.79 Å². The maximum Gasteiger partial charge on any atom is 0.292 e. The predicted octanol–water partition coefficient (Wildman–Crippen LogP) is 2.62. The van der Waals surface area contributed by atoms with Crippen LogP contribution >= 0.6 is 15.9 Å². The summed E-state index contributed by atoms with van der Waals surface area (Å²) in [6.45, 7) is 5.37. The van der Waals surface area contributed by atoms with Crippen molar-refractivity contribution >= 4 is 21.8 Å². The number of hydrogen-bond donors (Lipinski definition) is 0. The highest BCUT2D eigenvalue weighted by Gasteiger charge is 2.18. The van der Waals surface area contributed by atoms with E-state index in [2.05, 4.69) is 28.0 Å². The zero-order valence-electron chi connectivity index (χ0n) is 9.70. The number of rotatable bonds is 6. The Labute approximate surface area is 104 Å². The number of alkyl halides is 1. The SMILES string of the molecule is CCCCN(CCBr)C(=O)c1cc(C)no1. The van der Waals surface area contributed by atoms with Crippen molar-refractivity contribution < 1.29 is 9.32 Å². The molecule has 0 saturated heterocycles. The average molecular weight is 289 g/mol. The van der Waals surface area contributed by atoms with E-state index >= 15 is 0 Å². The van der Waals surface area contributed by atoms with Crippen LogP contribution in [0.3, 0.4) is 0 Å². The molecule has 0 bridgehead atoms. The van der Waals surface area contributed by atoms with Gasteiger partial charge in [0.2, 0.25) is 5.76 Å². The van der Waals surface area contributed by atoms with Crippen LogP contribution in [0.1, 0.15) is 36.0 Å². The fraction of sp³-hybridized carbons (Fsp3) is 0.636. The first-order valence-electron chi connectivity index (χ1n) is 5.47. The molecule has 0 saturated carbocycles. The van der Waals surface area contributed by atoms with Crippen molar-refractivity contribution in [1.82, 2.24) is 10.1 Å². The van der Waals surface area contributed by atoms with Crippen LogP contribution in [0.5, 0.6) is 0 Å². The van der Waals surface area contributed by atoms with Crippen LogP contribution in [-0.2, 0) is 0 Å². The van der Waals surface area contributed by atoms with Gasteiger partial charge >= 0.3 is 0 Å². The lowest BCUT2D eigenvalue weighted by Crippen LogP contribution is -2.33. The van der Waals surface area contributed by atoms with E-state index in [0.717, 1.165) is 30.4 Å². The molecule has 1 aromatic heterocycles. The van der Waals surface area contributed by atoms with Crippen molar-refractivity contribution in [2.45, 2.75) is 26.7 Å². The molecule has 90 valence electrons. The second-order valence-electron chi connectivity index (χ2n) is 3.67. The number of halogens is 1. The number of hydrogen-bond acceptors (Lipinski definition) is 3. The second-order valence-corrected chi connectivity index (χ2v) is 4.46. The second kappa shape index (κ2) is 6.68. The van der Waals surface area contributed by atoms with Crippen LogP contribution < -0.4 is 0 Å². The Bertz CT molecular complexity index is 338. The van der Waals surface area contributed by atoms with Gasteiger partial charge in [0.25, 0.3) is 5.91 Å². The predicted molar refractivity (Wildman–Crippen MR) is 65.8 cm³/mol. The fourth-order valence-corrected chi connectivity index (χ4v) is 1.81. The van der Waals surface area contributed by atoms with Gasteiger partial charge < -0.3 is 9.42 Å². The van der Waals surface area contributed by atoms with Crippen molar-refractivity contribution in [2.24, 2.45) is 0 Å². The third-order valence-corrected chi connectivity index (χ3v) is 2.62. The summed E-state index contributed by atoms with van der Waals surface area (Å²) in [5.41, 5.74) is 0.734. The van der Waals surface area contributed by atoms with Gasteiger partial charge in [-0.1, -0.05) is 34.4 Å². The largest absolute Gasteiger partial charge is 0.351 e. The smallest absolute Gasteiger partial charge is 0.292 e. The van der Waals surface area contributed by atoms with E-state index in [1.54, 1.807) is 17.9 Å². The zero-order chi connectivity index (χ0) is 12.0. The molecule has 0 aliphatic heterocycles. The molecule has 1 rings (SSSR count). The Balaban J connectivity index is 2.66. The summed E-state index contributed by atoms with van der Waals surface area (Å²) in [4.78, 5) is 13.8. The van der Waals surface area contributed by atoms with E-state index in [1.807, 2.05) is 0 Å². The van der Waals surface area contributed by atoms with Gasteiger partial charge in [-0.25, -0.2) is 0 Å². The molecule has 1 heterocycles. The Morgan fingerprint density at radius 3 is 2.81 bits per heavy atom. The van der Waals surface area contributed by atoms with Crippen molar-refractivity contribution in [3.05, 3.63) is 17.5 Å². The van der Waals surface area contributed by atoms with Crippen LogP contribution in [0, 0.1) is 6.92 Å². The zero-order valence-corrected chi connectivity index (χ0v) is 11.3. The minimum atomic E-state index is -0.0755. The van der Waals surface area contributed by atoms with Crippen molar-refractivity contribution in [1.29, 1.82) is 0 Å². The number of amides is 1. The fourth-order valence-electron chi connectivity index (χ4n) is 1.39. The molecular formula is C11H17BrN2O2. The highest BCUT2D eigenvalue weighted by Crippen LogP contribution is 2.08. The lowest BCUT2D eigenvalue weighted by atomic mass is 10.3. The summed E-state index contributed by atoms with van der Waals surface area (Å²) < 4.78 is 4.98. The van der Waals surface area contributed by atoms with Gasteiger partial charge in [0.15, 0.2) is 0 Å². The molecule has 0 atom stereocenters. The molecule has 5 heteroatoms. The van der Waals surface area contributed by atoms with Gasteiger partial charge in [-0.05, 0) is 13.3 Å². The van der Waals surface area contributed by atoms with Gasteiger partial charge in [0.1, 0.15) is 0 Å². The standard InChI is InChI=1S/C11H17BrN2O2/c1-3-4-6-14(7-5-12)11(15)10-8-9(2)13-16-10/h8H,3-7H2,1-2H3. The molecule has 0 aliphatic rings. The first kappa shape index (κ1) is 13.2. The number of nitrogens with zero attached hydrogens (tertiary/aromatic N) is 2. The van der Waals surface area contributed by atoms with E-state index in [4.69, 9.17) is 4.52 Å². The number of carbonyl (C=O) groups is 1. The first-order valence-corrected chi connectivity index (χ1v) is 6.59. The Morgan fingerprint density at radius 2 is 2.31 bits per heavy atom. The quantitative estimate of drug-likeness (QED) is 0.756. The minimum absolute atomic E-state index is 0.0755. The third kappa shape index (κ3) is 3.63. The molecule has 1 aromatic rings. The first-order chi connectivity index (χ1) is 7.69. The topological polar surface area (TPSA) is 46.3 Å². The van der Waals surface area contributed by atoms with E-state index in [1.165, 1.54) is 0 Å². The summed E-state index contributed by atoms with van der Waals surface area (Å²) in [5.74, 6) is 0.253. The minimum Gasteiger partial charge on any atom is -0.351 e. The van der Waals surface area contributed by atoms with Crippen LogP contribution in [0.15, 0.2) is 10.6 Å². The van der Waals surface area contributed by atoms with E-state index in [-0.39, 0.29) is 5.91 Å². The van der Waals surface area contributed by atoms with Crippen LogP contribution in [0.2, 0.25) is 0 Å². The summed E-state index contributed by atoms with van der Waals surface area (Å²) in [6.07, 6.45) is 2.08. The van der Waals surface area contributed by atoms with Crippen LogP contribution in [0.4, 0.5) is 0 Å². The molecule has 0 radical (unpaired) electrons. The lowest BCUT2D eigenvalue weighted by molar-refractivity contribution is 0.0722. The molecule has 4 nitrogen and oxygen atoms in total. The highest BCUT2D eigenvalue weighted by atomic mass is 79.9. The Kier molecular flexibility index (Phi) is 5.52. The van der Waals surface area contributed by atoms with Crippen molar-refractivity contribution in [3.8, 4) is 0 Å². The lowest BCUT2D eigenvalue weighted by Gasteiger charge is -2.19. The van der Waals surface area contributed by atoms with Crippen molar-refractivity contribution in [2.75, 3.05) is 18.4 Å². The van der Waals surface area contributed by atoms with E-state index in [0.29, 0.717) is 12.3 Å². The van der Waals surface area contributed by atoms with Gasteiger partial charge in [0.05, 0.1) is 5.69 Å². The maximum atomic E-state index is 12.0.